The van der Waals surface area contributed by atoms with Gasteiger partial charge in [-0.25, -0.2) is 13.6 Å². The Kier molecular flexibility index (Phi) is 6.83. The van der Waals surface area contributed by atoms with Gasteiger partial charge in [-0.3, -0.25) is 14.3 Å². The molecule has 0 spiro atoms. The highest BCUT2D eigenvalue weighted by Crippen LogP contribution is 2.46. The van der Waals surface area contributed by atoms with Crippen molar-refractivity contribution in [2.45, 2.75) is 30.8 Å². The minimum Gasteiger partial charge on any atom is -0.451 e. The standard InChI is InChI=1S/C27H26F2N4O5/c1-31(2)27(36)38-15-37-25-20(34)14-30-33-23(19-12-7-13-32(19)26(35)24(25)33)21(16-8-4-3-5-9-16)17-10-6-11-18(28)22(17)29/h3-6,8-11,14,19,21,23H,7,12-13,15H2,1-2H3/t19-,21?,23-/m1/s1. The summed E-state index contributed by atoms with van der Waals surface area (Å²) in [5.41, 5.74) is 0.00245. The summed E-state index contributed by atoms with van der Waals surface area (Å²) in [6.07, 6.45) is 1.62. The summed E-state index contributed by atoms with van der Waals surface area (Å²) in [7, 11) is 2.98. The molecule has 1 saturated heterocycles. The number of hydrogen-bond donors (Lipinski definition) is 0. The molecule has 0 aliphatic carbocycles. The summed E-state index contributed by atoms with van der Waals surface area (Å²) in [6, 6.07) is 12.0. The third kappa shape index (κ3) is 4.37. The molecule has 2 aliphatic rings. The lowest BCUT2D eigenvalue weighted by atomic mass is 9.79. The van der Waals surface area contributed by atoms with Crippen LogP contribution in [0.5, 0.6) is 5.75 Å². The normalized spacial score (nSPS) is 18.9. The third-order valence-corrected chi connectivity index (χ3v) is 6.97. The van der Waals surface area contributed by atoms with Crippen LogP contribution in [0.15, 0.2) is 59.5 Å². The number of carbonyl (C=O) groups excluding carboxylic acids is 2. The molecule has 2 amide bonds. The predicted octanol–water partition coefficient (Wildman–Crippen LogP) is 3.55. The van der Waals surface area contributed by atoms with Gasteiger partial charge in [-0.15, -0.1) is 0 Å². The van der Waals surface area contributed by atoms with E-state index in [2.05, 4.69) is 5.10 Å². The van der Waals surface area contributed by atoms with Crippen molar-refractivity contribution in [2.75, 3.05) is 27.4 Å². The van der Waals surface area contributed by atoms with E-state index in [0.717, 1.165) is 12.3 Å². The Morgan fingerprint density at radius 1 is 1.13 bits per heavy atom. The summed E-state index contributed by atoms with van der Waals surface area (Å²) in [4.78, 5) is 41.1. The number of hydrogen-bond acceptors (Lipinski definition) is 6. The Bertz CT molecular complexity index is 1430. The highest BCUT2D eigenvalue weighted by atomic mass is 19.2. The molecule has 0 saturated carbocycles. The van der Waals surface area contributed by atoms with Gasteiger partial charge < -0.3 is 19.3 Å². The molecule has 1 unspecified atom stereocenters. The molecule has 2 aromatic carbocycles. The Morgan fingerprint density at radius 3 is 2.63 bits per heavy atom. The number of nitrogens with zero attached hydrogens (tertiary/aromatic N) is 4. The second-order valence-corrected chi connectivity index (χ2v) is 9.43. The molecule has 2 aliphatic heterocycles. The van der Waals surface area contributed by atoms with Crippen LogP contribution in [0, 0.1) is 11.6 Å². The van der Waals surface area contributed by atoms with Gasteiger partial charge in [0.1, 0.15) is 0 Å². The molecule has 9 nitrogen and oxygen atoms in total. The first-order valence-electron chi connectivity index (χ1n) is 12.2. The minimum atomic E-state index is -0.988. The second-order valence-electron chi connectivity index (χ2n) is 9.43. The van der Waals surface area contributed by atoms with Crippen LogP contribution in [0.4, 0.5) is 13.6 Å². The van der Waals surface area contributed by atoms with Crippen molar-refractivity contribution in [1.82, 2.24) is 19.6 Å². The van der Waals surface area contributed by atoms with Crippen LogP contribution in [-0.2, 0) is 4.74 Å². The number of rotatable bonds is 6. The summed E-state index contributed by atoms with van der Waals surface area (Å²) >= 11 is 0. The van der Waals surface area contributed by atoms with E-state index in [0.29, 0.717) is 24.9 Å². The van der Waals surface area contributed by atoms with E-state index in [9.17, 15) is 18.8 Å². The fraction of sp³-hybridized carbons (Fsp3) is 0.333. The van der Waals surface area contributed by atoms with Gasteiger partial charge in [-0.1, -0.05) is 42.5 Å². The van der Waals surface area contributed by atoms with Gasteiger partial charge in [0.25, 0.3) is 5.91 Å². The Labute approximate surface area is 217 Å². The topological polar surface area (TPSA) is 94.0 Å². The van der Waals surface area contributed by atoms with Crippen molar-refractivity contribution in [3.63, 3.8) is 0 Å². The van der Waals surface area contributed by atoms with Crippen molar-refractivity contribution in [2.24, 2.45) is 0 Å². The maximum atomic E-state index is 15.3. The van der Waals surface area contributed by atoms with Crippen LogP contribution >= 0.6 is 0 Å². The van der Waals surface area contributed by atoms with Crippen molar-refractivity contribution in [1.29, 1.82) is 0 Å². The summed E-state index contributed by atoms with van der Waals surface area (Å²) < 4.78 is 41.7. The Hall–Kier alpha value is -4.28. The Balaban J connectivity index is 1.68. The second kappa shape index (κ2) is 10.2. The quantitative estimate of drug-likeness (QED) is 0.458. The van der Waals surface area contributed by atoms with Gasteiger partial charge in [0.05, 0.1) is 18.3 Å². The first-order chi connectivity index (χ1) is 18.3. The Morgan fingerprint density at radius 2 is 1.89 bits per heavy atom. The van der Waals surface area contributed by atoms with Gasteiger partial charge in [0.2, 0.25) is 18.0 Å². The van der Waals surface area contributed by atoms with E-state index in [1.165, 1.54) is 35.8 Å². The highest BCUT2D eigenvalue weighted by molar-refractivity contribution is 5.96. The summed E-state index contributed by atoms with van der Waals surface area (Å²) in [5, 5.41) is 4.31. The van der Waals surface area contributed by atoms with Crippen LogP contribution < -0.4 is 10.2 Å². The lowest BCUT2D eigenvalue weighted by Crippen LogP contribution is -2.51. The van der Waals surface area contributed by atoms with E-state index < -0.39 is 53.9 Å². The third-order valence-electron chi connectivity index (χ3n) is 6.97. The van der Waals surface area contributed by atoms with E-state index in [1.807, 2.05) is 18.2 Å². The molecule has 38 heavy (non-hydrogen) atoms. The minimum absolute atomic E-state index is 0.108. The van der Waals surface area contributed by atoms with Crippen LogP contribution in [0.1, 0.15) is 46.4 Å². The molecular weight excluding hydrogens is 498 g/mol. The fourth-order valence-electron chi connectivity index (χ4n) is 5.32. The smallest absolute Gasteiger partial charge is 0.412 e. The van der Waals surface area contributed by atoms with Crippen molar-refractivity contribution < 1.29 is 27.8 Å². The molecule has 0 N–H and O–H groups in total. The van der Waals surface area contributed by atoms with Gasteiger partial charge in [-0.05, 0) is 24.5 Å². The maximum absolute atomic E-state index is 15.3. The molecule has 198 valence electrons. The highest BCUT2D eigenvalue weighted by Gasteiger charge is 2.48. The summed E-state index contributed by atoms with van der Waals surface area (Å²) in [6.45, 7) is -0.184. The van der Waals surface area contributed by atoms with Gasteiger partial charge in [-0.2, -0.15) is 5.10 Å². The fourth-order valence-corrected chi connectivity index (χ4v) is 5.32. The van der Waals surface area contributed by atoms with Crippen molar-refractivity contribution >= 4 is 12.0 Å². The number of carbonyl (C=O) groups is 2. The number of ether oxygens (including phenoxy) is 2. The SMILES string of the molecule is CN(C)C(=O)OCOc1c2n(ncc1=O)[C@@H](C(c1ccccc1)c1cccc(F)c1F)[C@H]1CCCN1C2=O. The molecule has 11 heteroatoms. The number of amides is 2. The van der Waals surface area contributed by atoms with Crippen molar-refractivity contribution in [3.05, 3.63) is 93.4 Å². The molecule has 0 bridgehead atoms. The number of aromatic nitrogens is 2. The van der Waals surface area contributed by atoms with Gasteiger partial charge >= 0.3 is 6.09 Å². The maximum Gasteiger partial charge on any atom is 0.412 e. The van der Waals surface area contributed by atoms with Crippen LogP contribution in [-0.4, -0.2) is 65.1 Å². The number of benzene rings is 2. The number of fused-ring (bicyclic) bond motifs is 2. The van der Waals surface area contributed by atoms with E-state index >= 15 is 4.39 Å². The zero-order valence-electron chi connectivity index (χ0n) is 20.8. The molecule has 0 radical (unpaired) electrons. The van der Waals surface area contributed by atoms with E-state index in [-0.39, 0.29) is 17.0 Å². The average Bonchev–Trinajstić information content (AvgIpc) is 3.40. The van der Waals surface area contributed by atoms with Crippen LogP contribution in [0.3, 0.4) is 0 Å². The molecule has 1 aromatic heterocycles. The lowest BCUT2D eigenvalue weighted by Gasteiger charge is -2.42. The molecule has 1 fully saturated rings. The molecule has 5 rings (SSSR count). The zero-order chi connectivity index (χ0) is 27.0. The number of halogens is 2. The van der Waals surface area contributed by atoms with Crippen LogP contribution in [0.2, 0.25) is 0 Å². The molecular formula is C27H26F2N4O5. The predicted molar refractivity (Wildman–Crippen MR) is 132 cm³/mol. The van der Waals surface area contributed by atoms with E-state index in [1.54, 1.807) is 17.0 Å². The first kappa shape index (κ1) is 25.4. The largest absolute Gasteiger partial charge is 0.451 e. The molecule has 3 aromatic rings. The van der Waals surface area contributed by atoms with Crippen LogP contribution in [0.25, 0.3) is 0 Å². The summed E-state index contributed by atoms with van der Waals surface area (Å²) in [5.74, 6) is -3.51. The van der Waals surface area contributed by atoms with Crippen molar-refractivity contribution in [3.8, 4) is 5.75 Å². The average molecular weight is 525 g/mol. The van der Waals surface area contributed by atoms with Gasteiger partial charge in [0, 0.05) is 32.1 Å². The first-order valence-corrected chi connectivity index (χ1v) is 12.2. The lowest BCUT2D eigenvalue weighted by molar-refractivity contribution is 0.0374. The molecule has 3 heterocycles. The zero-order valence-corrected chi connectivity index (χ0v) is 20.8. The van der Waals surface area contributed by atoms with E-state index in [4.69, 9.17) is 9.47 Å². The monoisotopic (exact) mass is 524 g/mol. The van der Waals surface area contributed by atoms with Gasteiger partial charge in [0.15, 0.2) is 17.3 Å². The molecule has 3 atom stereocenters.